The van der Waals surface area contributed by atoms with Gasteiger partial charge in [-0.25, -0.2) is 0 Å². The Bertz CT molecular complexity index is 331. The Morgan fingerprint density at radius 1 is 1.31 bits per heavy atom. The molecule has 0 amide bonds. The molecule has 0 aromatic heterocycles. The van der Waals surface area contributed by atoms with Gasteiger partial charge in [0, 0.05) is 6.21 Å². The van der Waals surface area contributed by atoms with Crippen molar-refractivity contribution in [3.63, 3.8) is 0 Å². The van der Waals surface area contributed by atoms with Crippen molar-refractivity contribution in [1.29, 1.82) is 0 Å². The zero-order chi connectivity index (χ0) is 9.68. The fourth-order valence-corrected chi connectivity index (χ4v) is 0.981. The van der Waals surface area contributed by atoms with Gasteiger partial charge in [0.25, 0.3) is 0 Å². The van der Waals surface area contributed by atoms with Crippen LogP contribution in [0.15, 0.2) is 40.9 Å². The number of benzene rings is 1. The molecule has 0 spiro atoms. The Hall–Kier alpha value is -1.37. The highest BCUT2D eigenvalue weighted by atomic mass is 14.7. The van der Waals surface area contributed by atoms with Crippen molar-refractivity contribution in [3.05, 3.63) is 41.5 Å². The zero-order valence-corrected chi connectivity index (χ0v) is 8.41. The minimum atomic E-state index is 1.01. The Labute approximate surface area is 79.8 Å². The molecule has 1 heteroatoms. The fraction of sp³-hybridized carbons (Fsp3) is 0.250. The normalized spacial score (nSPS) is 10.4. The molecular formula is C12H15N. The summed E-state index contributed by atoms with van der Waals surface area (Å²) in [6.45, 7) is 6.18. The number of rotatable bonds is 2. The first kappa shape index (κ1) is 9.72. The van der Waals surface area contributed by atoms with E-state index in [1.807, 2.05) is 24.4 Å². The summed E-state index contributed by atoms with van der Waals surface area (Å²) in [7, 11) is 0. The Morgan fingerprint density at radius 2 is 2.08 bits per heavy atom. The van der Waals surface area contributed by atoms with Gasteiger partial charge >= 0.3 is 0 Å². The first-order valence-electron chi connectivity index (χ1n) is 4.43. The van der Waals surface area contributed by atoms with Crippen molar-refractivity contribution in [2.45, 2.75) is 20.8 Å². The molecule has 0 saturated carbocycles. The molecule has 1 aromatic rings. The summed E-state index contributed by atoms with van der Waals surface area (Å²) in [4.78, 5) is 4.31. The number of hydrogen-bond donors (Lipinski definition) is 0. The zero-order valence-electron chi connectivity index (χ0n) is 8.41. The molecule has 0 bridgehead atoms. The molecule has 0 atom stereocenters. The largest absolute Gasteiger partial charge is 0.257 e. The van der Waals surface area contributed by atoms with Crippen LogP contribution in [0.25, 0.3) is 0 Å². The first-order valence-corrected chi connectivity index (χ1v) is 4.43. The lowest BCUT2D eigenvalue weighted by Crippen LogP contribution is -1.71. The molecule has 1 nitrogen and oxygen atoms in total. The molecule has 1 rings (SSSR count). The van der Waals surface area contributed by atoms with Crippen molar-refractivity contribution < 1.29 is 0 Å². The highest BCUT2D eigenvalue weighted by Gasteiger charge is 1.86. The SMILES string of the molecule is CC(C)=C/C=N\c1cccc(C)c1. The van der Waals surface area contributed by atoms with Crippen LogP contribution in [-0.2, 0) is 0 Å². The maximum atomic E-state index is 4.31. The second-order valence-electron chi connectivity index (χ2n) is 3.36. The van der Waals surface area contributed by atoms with E-state index >= 15 is 0 Å². The number of aliphatic imine (C=N–C) groups is 1. The smallest absolute Gasteiger partial charge is 0.0632 e. The van der Waals surface area contributed by atoms with Crippen LogP contribution in [0.4, 0.5) is 5.69 Å². The molecule has 0 radical (unpaired) electrons. The van der Waals surface area contributed by atoms with Gasteiger partial charge in [-0.3, -0.25) is 4.99 Å². The predicted octanol–water partition coefficient (Wildman–Crippen LogP) is 3.66. The third-order valence-electron chi connectivity index (χ3n) is 1.63. The van der Waals surface area contributed by atoms with E-state index in [-0.39, 0.29) is 0 Å². The topological polar surface area (TPSA) is 12.4 Å². The lowest BCUT2D eigenvalue weighted by molar-refractivity contribution is 1.40. The molecule has 1 aromatic carbocycles. The highest BCUT2D eigenvalue weighted by Crippen LogP contribution is 2.12. The van der Waals surface area contributed by atoms with Crippen molar-refractivity contribution >= 4 is 11.9 Å². The molecule has 0 aliphatic carbocycles. The molecule has 0 N–H and O–H groups in total. The molecule has 13 heavy (non-hydrogen) atoms. The third kappa shape index (κ3) is 3.70. The quantitative estimate of drug-likeness (QED) is 0.605. The first-order chi connectivity index (χ1) is 6.18. The summed E-state index contributed by atoms with van der Waals surface area (Å²) in [6, 6.07) is 8.15. The number of nitrogens with zero attached hydrogens (tertiary/aromatic N) is 1. The summed E-state index contributed by atoms with van der Waals surface area (Å²) in [5.41, 5.74) is 3.51. The molecule has 68 valence electrons. The van der Waals surface area contributed by atoms with Gasteiger partial charge in [0.1, 0.15) is 0 Å². The number of aryl methyl sites for hydroxylation is 1. The third-order valence-corrected chi connectivity index (χ3v) is 1.63. The van der Waals surface area contributed by atoms with E-state index in [0.29, 0.717) is 0 Å². The van der Waals surface area contributed by atoms with Gasteiger partial charge in [0.05, 0.1) is 5.69 Å². The van der Waals surface area contributed by atoms with E-state index in [1.54, 1.807) is 0 Å². The van der Waals surface area contributed by atoms with Crippen molar-refractivity contribution in [2.75, 3.05) is 0 Å². The monoisotopic (exact) mass is 173 g/mol. The van der Waals surface area contributed by atoms with Gasteiger partial charge in [-0.1, -0.05) is 17.7 Å². The van der Waals surface area contributed by atoms with Crippen LogP contribution in [0.2, 0.25) is 0 Å². The van der Waals surface area contributed by atoms with Gasteiger partial charge in [0.2, 0.25) is 0 Å². The van der Waals surface area contributed by atoms with Crippen LogP contribution >= 0.6 is 0 Å². The minimum Gasteiger partial charge on any atom is -0.257 e. The second-order valence-corrected chi connectivity index (χ2v) is 3.36. The number of allylic oxidation sites excluding steroid dienone is 2. The van der Waals surface area contributed by atoms with Gasteiger partial charge in [-0.2, -0.15) is 0 Å². The van der Waals surface area contributed by atoms with Crippen LogP contribution in [0.5, 0.6) is 0 Å². The van der Waals surface area contributed by atoms with Crippen LogP contribution in [0, 0.1) is 6.92 Å². The van der Waals surface area contributed by atoms with E-state index in [2.05, 4.69) is 37.9 Å². The lowest BCUT2D eigenvalue weighted by Gasteiger charge is -1.93. The highest BCUT2D eigenvalue weighted by molar-refractivity contribution is 5.75. The summed E-state index contributed by atoms with van der Waals surface area (Å²) in [6.07, 6.45) is 3.84. The lowest BCUT2D eigenvalue weighted by atomic mass is 10.2. The van der Waals surface area contributed by atoms with Crippen LogP contribution in [0.3, 0.4) is 0 Å². The molecule has 0 saturated heterocycles. The van der Waals surface area contributed by atoms with Gasteiger partial charge in [0.15, 0.2) is 0 Å². The summed E-state index contributed by atoms with van der Waals surface area (Å²) in [5, 5.41) is 0. The molecular weight excluding hydrogens is 158 g/mol. The number of hydrogen-bond acceptors (Lipinski definition) is 1. The summed E-state index contributed by atoms with van der Waals surface area (Å²) < 4.78 is 0. The van der Waals surface area contributed by atoms with E-state index in [0.717, 1.165) is 5.69 Å². The molecule has 0 fully saturated rings. The van der Waals surface area contributed by atoms with Crippen molar-refractivity contribution in [1.82, 2.24) is 0 Å². The van der Waals surface area contributed by atoms with Crippen molar-refractivity contribution in [2.24, 2.45) is 4.99 Å². The predicted molar refractivity (Wildman–Crippen MR) is 58.8 cm³/mol. The molecule has 0 aliphatic rings. The minimum absolute atomic E-state index is 1.01. The Balaban J connectivity index is 2.75. The second kappa shape index (κ2) is 4.61. The van der Waals surface area contributed by atoms with E-state index in [9.17, 15) is 0 Å². The maximum absolute atomic E-state index is 4.31. The van der Waals surface area contributed by atoms with Crippen LogP contribution in [-0.4, -0.2) is 6.21 Å². The molecule has 0 unspecified atom stereocenters. The summed E-state index contributed by atoms with van der Waals surface area (Å²) >= 11 is 0. The average Bonchev–Trinajstić information content (AvgIpc) is 2.03. The fourth-order valence-electron chi connectivity index (χ4n) is 0.981. The maximum Gasteiger partial charge on any atom is 0.0632 e. The molecule has 0 heterocycles. The van der Waals surface area contributed by atoms with Gasteiger partial charge in [-0.15, -0.1) is 0 Å². The summed E-state index contributed by atoms with van der Waals surface area (Å²) in [5.74, 6) is 0. The molecule has 0 aliphatic heterocycles. The van der Waals surface area contributed by atoms with E-state index in [1.165, 1.54) is 11.1 Å². The van der Waals surface area contributed by atoms with Crippen LogP contribution in [0.1, 0.15) is 19.4 Å². The van der Waals surface area contributed by atoms with E-state index in [4.69, 9.17) is 0 Å². The van der Waals surface area contributed by atoms with Gasteiger partial charge in [-0.05, 0) is 44.5 Å². The van der Waals surface area contributed by atoms with E-state index < -0.39 is 0 Å². The van der Waals surface area contributed by atoms with Gasteiger partial charge < -0.3 is 0 Å². The standard InChI is InChI=1S/C12H15N/c1-10(2)7-8-13-12-6-4-5-11(3)9-12/h4-9H,1-3H3/b13-8-. The van der Waals surface area contributed by atoms with Crippen molar-refractivity contribution in [3.8, 4) is 0 Å². The van der Waals surface area contributed by atoms with Crippen LogP contribution < -0.4 is 0 Å². The Morgan fingerprint density at radius 3 is 2.69 bits per heavy atom. The average molecular weight is 173 g/mol. The Kier molecular flexibility index (Phi) is 3.44.